The highest BCUT2D eigenvalue weighted by Gasteiger charge is 2.19. The number of hydrogen-bond donors (Lipinski definition) is 0. The van der Waals surface area contributed by atoms with E-state index in [1.54, 1.807) is 0 Å². The van der Waals surface area contributed by atoms with E-state index in [0.29, 0.717) is 19.3 Å². The van der Waals surface area contributed by atoms with Gasteiger partial charge in [-0.2, -0.15) is 0 Å². The fraction of sp³-hybridized carbons (Fsp3) is 0.671. The molecule has 1 atom stereocenters. The molecule has 0 amide bonds. The molecular formula is C76H126O6. The lowest BCUT2D eigenvalue weighted by Crippen LogP contribution is -2.30. The molecule has 466 valence electrons. The van der Waals surface area contributed by atoms with Crippen molar-refractivity contribution in [3.8, 4) is 0 Å². The van der Waals surface area contributed by atoms with Gasteiger partial charge in [0.2, 0.25) is 0 Å². The van der Waals surface area contributed by atoms with Gasteiger partial charge in [0, 0.05) is 19.3 Å². The number of rotatable bonds is 61. The molecule has 0 spiro atoms. The molecule has 0 saturated heterocycles. The fourth-order valence-corrected chi connectivity index (χ4v) is 9.25. The molecule has 6 nitrogen and oxygen atoms in total. The van der Waals surface area contributed by atoms with Crippen LogP contribution in [0.4, 0.5) is 0 Å². The third kappa shape index (κ3) is 66.4. The van der Waals surface area contributed by atoms with E-state index in [1.807, 2.05) is 0 Å². The van der Waals surface area contributed by atoms with Crippen LogP contribution in [0, 0.1) is 0 Å². The maximum absolute atomic E-state index is 12.9. The summed E-state index contributed by atoms with van der Waals surface area (Å²) in [6.45, 7) is 6.49. The number of esters is 3. The van der Waals surface area contributed by atoms with Crippen molar-refractivity contribution < 1.29 is 28.6 Å². The summed E-state index contributed by atoms with van der Waals surface area (Å²) in [5, 5.41) is 0. The first kappa shape index (κ1) is 77.5. The van der Waals surface area contributed by atoms with Gasteiger partial charge in [0.15, 0.2) is 6.10 Å². The maximum atomic E-state index is 12.9. The lowest BCUT2D eigenvalue weighted by atomic mass is 10.1. The minimum absolute atomic E-state index is 0.0946. The predicted molar refractivity (Wildman–Crippen MR) is 357 cm³/mol. The van der Waals surface area contributed by atoms with Crippen LogP contribution in [0.15, 0.2) is 134 Å². The Hall–Kier alpha value is -4.45. The molecule has 0 fully saturated rings. The zero-order valence-electron chi connectivity index (χ0n) is 53.5. The number of hydrogen-bond acceptors (Lipinski definition) is 6. The van der Waals surface area contributed by atoms with Gasteiger partial charge < -0.3 is 14.2 Å². The summed E-state index contributed by atoms with van der Waals surface area (Å²) in [4.78, 5) is 38.4. The first-order valence-corrected chi connectivity index (χ1v) is 34.2. The molecule has 0 aliphatic carbocycles. The Morgan fingerprint density at radius 1 is 0.256 bits per heavy atom. The van der Waals surface area contributed by atoms with Crippen LogP contribution in [-0.4, -0.2) is 37.2 Å². The van der Waals surface area contributed by atoms with Crippen LogP contribution < -0.4 is 0 Å². The van der Waals surface area contributed by atoms with Crippen LogP contribution in [0.2, 0.25) is 0 Å². The topological polar surface area (TPSA) is 78.9 Å². The summed E-state index contributed by atoms with van der Waals surface area (Å²) in [6, 6.07) is 0. The van der Waals surface area contributed by atoms with Crippen molar-refractivity contribution in [3.05, 3.63) is 134 Å². The molecule has 0 aliphatic rings. The van der Waals surface area contributed by atoms with E-state index < -0.39 is 6.10 Å². The van der Waals surface area contributed by atoms with Crippen LogP contribution in [0.1, 0.15) is 310 Å². The number of unbranched alkanes of at least 4 members (excludes halogenated alkanes) is 28. The van der Waals surface area contributed by atoms with Crippen molar-refractivity contribution in [2.75, 3.05) is 13.2 Å². The second kappa shape index (κ2) is 69.0. The molecule has 0 saturated carbocycles. The molecule has 0 aromatic carbocycles. The number of carbonyl (C=O) groups is 3. The highest BCUT2D eigenvalue weighted by Crippen LogP contribution is 2.15. The smallest absolute Gasteiger partial charge is 0.306 e. The summed E-state index contributed by atoms with van der Waals surface area (Å²) >= 11 is 0. The van der Waals surface area contributed by atoms with Crippen LogP contribution >= 0.6 is 0 Å². The van der Waals surface area contributed by atoms with E-state index in [9.17, 15) is 14.4 Å². The molecule has 0 heterocycles. The number of allylic oxidation sites excluding steroid dienone is 22. The van der Waals surface area contributed by atoms with Gasteiger partial charge in [-0.3, -0.25) is 14.4 Å². The van der Waals surface area contributed by atoms with E-state index in [0.717, 1.165) is 135 Å². The minimum atomic E-state index is -0.801. The lowest BCUT2D eigenvalue weighted by Gasteiger charge is -2.18. The van der Waals surface area contributed by atoms with E-state index in [2.05, 4.69) is 154 Å². The molecule has 0 radical (unpaired) electrons. The molecule has 6 heteroatoms. The van der Waals surface area contributed by atoms with Gasteiger partial charge in [0.25, 0.3) is 0 Å². The van der Waals surface area contributed by atoms with Gasteiger partial charge >= 0.3 is 17.9 Å². The van der Waals surface area contributed by atoms with Crippen molar-refractivity contribution in [1.82, 2.24) is 0 Å². The second-order valence-corrected chi connectivity index (χ2v) is 22.3. The van der Waals surface area contributed by atoms with Gasteiger partial charge in [-0.25, -0.2) is 0 Å². The van der Waals surface area contributed by atoms with E-state index in [-0.39, 0.29) is 31.1 Å². The molecule has 82 heavy (non-hydrogen) atoms. The van der Waals surface area contributed by atoms with Crippen molar-refractivity contribution >= 4 is 17.9 Å². The molecule has 0 aliphatic heterocycles. The molecule has 0 N–H and O–H groups in total. The van der Waals surface area contributed by atoms with E-state index in [1.165, 1.54) is 135 Å². The summed E-state index contributed by atoms with van der Waals surface area (Å²) in [5.41, 5.74) is 0. The van der Waals surface area contributed by atoms with Crippen LogP contribution in [-0.2, 0) is 28.6 Å². The molecule has 0 rings (SSSR count). The Bertz CT molecular complexity index is 1730. The van der Waals surface area contributed by atoms with Gasteiger partial charge in [-0.15, -0.1) is 0 Å². The number of ether oxygens (including phenoxy) is 3. The standard InChI is InChI=1S/C76H126O6/c1-4-7-10-13-16-19-22-25-28-31-33-34-35-36-37-38-39-40-41-42-43-46-48-51-54-57-60-63-66-69-75(78)81-72-73(71-80-74(77)68-65-62-59-56-53-50-47-44-30-27-24-21-18-15-12-9-6-3)82-76(79)70-67-64-61-58-55-52-49-45-32-29-26-23-20-17-14-11-8-5-2/h7,10,16,18-19,21,25,27-30,32-34,36-37,39-40,42-43,48,51,73H,4-6,8-9,11-15,17,20,22-24,26,31,35,38,41,44-47,49-50,52-72H2,1-3H3/b10-7-,19-16-,21-18-,28-25-,30-27-,32-29-,34-33-,37-36-,40-39-,43-42-,51-48-. The van der Waals surface area contributed by atoms with Crippen LogP contribution in [0.5, 0.6) is 0 Å². The summed E-state index contributed by atoms with van der Waals surface area (Å²) in [5.74, 6) is -0.926. The summed E-state index contributed by atoms with van der Waals surface area (Å²) in [6.07, 6.45) is 97.4. The van der Waals surface area contributed by atoms with Gasteiger partial charge in [-0.05, 0) is 141 Å². The zero-order chi connectivity index (χ0) is 59.2. The normalized spacial score (nSPS) is 13.0. The monoisotopic (exact) mass is 1130 g/mol. The van der Waals surface area contributed by atoms with Gasteiger partial charge in [0.1, 0.15) is 13.2 Å². The largest absolute Gasteiger partial charge is 0.462 e. The highest BCUT2D eigenvalue weighted by molar-refractivity contribution is 5.71. The van der Waals surface area contributed by atoms with Crippen molar-refractivity contribution in [2.24, 2.45) is 0 Å². The molecule has 1 unspecified atom stereocenters. The highest BCUT2D eigenvalue weighted by atomic mass is 16.6. The fourth-order valence-electron chi connectivity index (χ4n) is 9.25. The average Bonchev–Trinajstić information content (AvgIpc) is 3.47. The first-order chi connectivity index (χ1) is 40.5. The SMILES string of the molecule is CC/C=C\C/C=C\C/C=C\C/C=C\C/C=C\C/C=C\C/C=C\C/C=C\CCCCCCC(=O)OCC(COC(=O)CCCCCCCCC/C=C\C/C=C\CCCCC)OC(=O)CCCCCCCCC/C=C\CCCCCCCCC. The Balaban J connectivity index is 4.44. The van der Waals surface area contributed by atoms with Crippen molar-refractivity contribution in [1.29, 1.82) is 0 Å². The third-order valence-electron chi connectivity index (χ3n) is 14.4. The first-order valence-electron chi connectivity index (χ1n) is 34.2. The van der Waals surface area contributed by atoms with Crippen molar-refractivity contribution in [3.63, 3.8) is 0 Å². The van der Waals surface area contributed by atoms with Gasteiger partial charge in [0.05, 0.1) is 0 Å². The van der Waals surface area contributed by atoms with E-state index in [4.69, 9.17) is 14.2 Å². The zero-order valence-corrected chi connectivity index (χ0v) is 53.5. The molecular weight excluding hydrogens is 1010 g/mol. The maximum Gasteiger partial charge on any atom is 0.306 e. The van der Waals surface area contributed by atoms with Crippen LogP contribution in [0.25, 0.3) is 0 Å². The minimum Gasteiger partial charge on any atom is -0.462 e. The third-order valence-corrected chi connectivity index (χ3v) is 14.4. The summed E-state index contributed by atoms with van der Waals surface area (Å²) in [7, 11) is 0. The quantitative estimate of drug-likeness (QED) is 0.0261. The Kier molecular flexibility index (Phi) is 65.3. The lowest BCUT2D eigenvalue weighted by molar-refractivity contribution is -0.167. The van der Waals surface area contributed by atoms with E-state index >= 15 is 0 Å². The Morgan fingerprint density at radius 3 is 0.780 bits per heavy atom. The Morgan fingerprint density at radius 2 is 0.476 bits per heavy atom. The summed E-state index contributed by atoms with van der Waals surface area (Å²) < 4.78 is 16.9. The van der Waals surface area contributed by atoms with Crippen molar-refractivity contribution in [2.45, 2.75) is 316 Å². The molecule has 0 aromatic rings. The number of carbonyl (C=O) groups excluding carboxylic acids is 3. The van der Waals surface area contributed by atoms with Crippen LogP contribution in [0.3, 0.4) is 0 Å². The molecule has 0 bridgehead atoms. The second-order valence-electron chi connectivity index (χ2n) is 22.3. The Labute approximate surface area is 506 Å². The predicted octanol–water partition coefficient (Wildman–Crippen LogP) is 23.7. The molecule has 0 aromatic heterocycles. The average molecular weight is 1140 g/mol. The van der Waals surface area contributed by atoms with Gasteiger partial charge in [-0.1, -0.05) is 283 Å².